The van der Waals surface area contributed by atoms with E-state index in [0.717, 1.165) is 12.1 Å². The van der Waals surface area contributed by atoms with Gasteiger partial charge in [-0.25, -0.2) is 8.78 Å². The summed E-state index contributed by atoms with van der Waals surface area (Å²) < 4.78 is 31.9. The molecule has 0 radical (unpaired) electrons. The number of nitrogens with one attached hydrogen (secondary N) is 1. The van der Waals surface area contributed by atoms with Gasteiger partial charge in [-0.15, -0.1) is 0 Å². The summed E-state index contributed by atoms with van der Waals surface area (Å²) in [5.41, 5.74) is 0.871. The quantitative estimate of drug-likeness (QED) is 0.886. The first-order valence-electron chi connectivity index (χ1n) is 6.55. The number of phenols is 1. The summed E-state index contributed by atoms with van der Waals surface area (Å²) in [6.45, 7) is 2.04. The zero-order valence-electron chi connectivity index (χ0n) is 11.9. The molecule has 21 heavy (non-hydrogen) atoms. The van der Waals surface area contributed by atoms with Gasteiger partial charge in [0.05, 0.1) is 7.11 Å². The Morgan fingerprint density at radius 2 is 1.95 bits per heavy atom. The molecule has 2 aromatic rings. The summed E-state index contributed by atoms with van der Waals surface area (Å²) in [4.78, 5) is 0. The molecule has 0 fully saturated rings. The van der Waals surface area contributed by atoms with Crippen LogP contribution in [0.1, 0.15) is 24.1 Å². The molecule has 0 aliphatic rings. The van der Waals surface area contributed by atoms with Gasteiger partial charge >= 0.3 is 0 Å². The molecular weight excluding hydrogens is 276 g/mol. The van der Waals surface area contributed by atoms with Gasteiger partial charge < -0.3 is 15.2 Å². The average Bonchev–Trinajstić information content (AvgIpc) is 2.48. The number of methoxy groups -OCH3 is 1. The number of benzene rings is 2. The minimum atomic E-state index is -0.482. The van der Waals surface area contributed by atoms with E-state index in [1.54, 1.807) is 19.1 Å². The molecule has 0 aliphatic heterocycles. The maximum Gasteiger partial charge on any atom is 0.128 e. The van der Waals surface area contributed by atoms with E-state index in [0.29, 0.717) is 17.9 Å². The fraction of sp³-hybridized carbons (Fsp3) is 0.250. The van der Waals surface area contributed by atoms with Crippen LogP contribution in [0.2, 0.25) is 0 Å². The molecule has 0 saturated carbocycles. The molecule has 0 spiro atoms. The Balaban J connectivity index is 2.10. The molecule has 1 unspecified atom stereocenters. The second-order valence-corrected chi connectivity index (χ2v) is 4.76. The number of ether oxygens (including phenoxy) is 1. The van der Waals surface area contributed by atoms with Crippen molar-refractivity contribution in [2.45, 2.75) is 19.5 Å². The summed E-state index contributed by atoms with van der Waals surface area (Å²) in [5, 5.41) is 12.8. The van der Waals surface area contributed by atoms with Crippen molar-refractivity contribution in [2.24, 2.45) is 0 Å². The lowest BCUT2D eigenvalue weighted by atomic mass is 10.1. The van der Waals surface area contributed by atoms with E-state index < -0.39 is 17.7 Å². The van der Waals surface area contributed by atoms with Crippen LogP contribution in [0, 0.1) is 11.6 Å². The van der Waals surface area contributed by atoms with Crippen molar-refractivity contribution < 1.29 is 18.6 Å². The largest absolute Gasteiger partial charge is 0.508 e. The third-order valence-corrected chi connectivity index (χ3v) is 3.31. The van der Waals surface area contributed by atoms with Crippen LogP contribution in [0.4, 0.5) is 8.78 Å². The molecule has 112 valence electrons. The van der Waals surface area contributed by atoms with Crippen molar-refractivity contribution in [2.75, 3.05) is 7.11 Å². The lowest BCUT2D eigenvalue weighted by Crippen LogP contribution is -2.19. The van der Waals surface area contributed by atoms with Crippen LogP contribution in [-0.2, 0) is 6.54 Å². The summed E-state index contributed by atoms with van der Waals surface area (Å²) in [7, 11) is 1.54. The Morgan fingerprint density at radius 1 is 1.19 bits per heavy atom. The van der Waals surface area contributed by atoms with Gasteiger partial charge in [0.1, 0.15) is 23.1 Å². The van der Waals surface area contributed by atoms with Crippen molar-refractivity contribution in [3.05, 3.63) is 59.2 Å². The Morgan fingerprint density at radius 3 is 2.67 bits per heavy atom. The van der Waals surface area contributed by atoms with E-state index in [9.17, 15) is 13.9 Å². The molecule has 0 amide bonds. The first-order chi connectivity index (χ1) is 10.0. The first-order valence-corrected chi connectivity index (χ1v) is 6.55. The fourth-order valence-corrected chi connectivity index (χ4v) is 2.05. The lowest BCUT2D eigenvalue weighted by Gasteiger charge is -2.16. The molecule has 0 aliphatic carbocycles. The third-order valence-electron chi connectivity index (χ3n) is 3.31. The molecule has 2 N–H and O–H groups in total. The molecule has 0 bridgehead atoms. The normalized spacial score (nSPS) is 12.2. The monoisotopic (exact) mass is 293 g/mol. The summed E-state index contributed by atoms with van der Waals surface area (Å²) in [6, 6.07) is 7.82. The summed E-state index contributed by atoms with van der Waals surface area (Å²) >= 11 is 0. The van der Waals surface area contributed by atoms with Gasteiger partial charge in [-0.3, -0.25) is 0 Å². The van der Waals surface area contributed by atoms with Crippen molar-refractivity contribution in [1.82, 2.24) is 5.32 Å². The molecule has 0 aromatic heterocycles. The molecule has 3 nitrogen and oxygen atoms in total. The van der Waals surface area contributed by atoms with Crippen molar-refractivity contribution in [3.63, 3.8) is 0 Å². The summed E-state index contributed by atoms with van der Waals surface area (Å²) in [5.74, 6) is -0.208. The smallest absolute Gasteiger partial charge is 0.128 e. The number of rotatable bonds is 5. The number of halogens is 2. The van der Waals surface area contributed by atoms with Crippen LogP contribution in [-0.4, -0.2) is 12.2 Å². The van der Waals surface area contributed by atoms with Gasteiger partial charge in [0.25, 0.3) is 0 Å². The highest BCUT2D eigenvalue weighted by atomic mass is 19.1. The van der Waals surface area contributed by atoms with Crippen LogP contribution >= 0.6 is 0 Å². The average molecular weight is 293 g/mol. The van der Waals surface area contributed by atoms with Crippen LogP contribution < -0.4 is 10.1 Å². The third kappa shape index (κ3) is 3.70. The van der Waals surface area contributed by atoms with Crippen molar-refractivity contribution >= 4 is 0 Å². The highest BCUT2D eigenvalue weighted by molar-refractivity contribution is 5.39. The first kappa shape index (κ1) is 15.3. The second kappa shape index (κ2) is 6.54. The van der Waals surface area contributed by atoms with Crippen molar-refractivity contribution in [3.8, 4) is 11.5 Å². The van der Waals surface area contributed by atoms with Gasteiger partial charge in [-0.1, -0.05) is 0 Å². The Hall–Kier alpha value is -2.14. The Kier molecular flexibility index (Phi) is 4.75. The topological polar surface area (TPSA) is 41.5 Å². The van der Waals surface area contributed by atoms with Gasteiger partial charge in [-0.05, 0) is 43.3 Å². The second-order valence-electron chi connectivity index (χ2n) is 4.76. The summed E-state index contributed by atoms with van der Waals surface area (Å²) in [6.07, 6.45) is 0. The molecule has 0 heterocycles. The van der Waals surface area contributed by atoms with E-state index in [1.165, 1.54) is 19.2 Å². The van der Waals surface area contributed by atoms with Gasteiger partial charge in [0, 0.05) is 23.7 Å². The van der Waals surface area contributed by atoms with Gasteiger partial charge in [-0.2, -0.15) is 0 Å². The van der Waals surface area contributed by atoms with E-state index in [4.69, 9.17) is 4.74 Å². The van der Waals surface area contributed by atoms with Crippen LogP contribution in [0.5, 0.6) is 11.5 Å². The van der Waals surface area contributed by atoms with Crippen molar-refractivity contribution in [1.29, 1.82) is 0 Å². The van der Waals surface area contributed by atoms with Gasteiger partial charge in [0.2, 0.25) is 0 Å². The zero-order chi connectivity index (χ0) is 15.4. The standard InChI is InChI=1S/C16H17F2NO2/c1-10(14-8-12(17)3-5-15(14)18)19-9-11-7-13(21-2)4-6-16(11)20/h3-8,10,19-20H,9H2,1-2H3. The van der Waals surface area contributed by atoms with Crippen LogP contribution in [0.3, 0.4) is 0 Å². The molecular formula is C16H17F2NO2. The molecule has 0 saturated heterocycles. The zero-order valence-corrected chi connectivity index (χ0v) is 11.9. The SMILES string of the molecule is COc1ccc(O)c(CNC(C)c2cc(F)ccc2F)c1. The van der Waals surface area contributed by atoms with Gasteiger partial charge in [0.15, 0.2) is 0 Å². The fourth-order valence-electron chi connectivity index (χ4n) is 2.05. The van der Waals surface area contributed by atoms with E-state index in [1.807, 2.05) is 0 Å². The highest BCUT2D eigenvalue weighted by Gasteiger charge is 2.12. The number of hydrogen-bond donors (Lipinski definition) is 2. The lowest BCUT2D eigenvalue weighted by molar-refractivity contribution is 0.409. The molecule has 1 atom stereocenters. The van der Waals surface area contributed by atoms with E-state index >= 15 is 0 Å². The van der Waals surface area contributed by atoms with E-state index in [-0.39, 0.29) is 11.3 Å². The predicted octanol–water partition coefficient (Wildman–Crippen LogP) is 3.53. The molecule has 2 aromatic carbocycles. The predicted molar refractivity (Wildman–Crippen MR) is 76.3 cm³/mol. The minimum Gasteiger partial charge on any atom is -0.508 e. The number of aromatic hydroxyl groups is 1. The highest BCUT2D eigenvalue weighted by Crippen LogP contribution is 2.24. The Labute approximate surface area is 122 Å². The van der Waals surface area contributed by atoms with E-state index in [2.05, 4.69) is 5.32 Å². The molecule has 5 heteroatoms. The maximum atomic E-state index is 13.7. The number of phenolic OH excluding ortho intramolecular Hbond substituents is 1. The van der Waals surface area contributed by atoms with Crippen LogP contribution in [0.15, 0.2) is 36.4 Å². The van der Waals surface area contributed by atoms with Crippen LogP contribution in [0.25, 0.3) is 0 Å². The Bertz CT molecular complexity index is 632. The molecule has 2 rings (SSSR count). The minimum absolute atomic E-state index is 0.121. The number of hydrogen-bond acceptors (Lipinski definition) is 3. The maximum absolute atomic E-state index is 13.7.